The second kappa shape index (κ2) is 10.4. The molecule has 182 valence electrons. The predicted octanol–water partition coefficient (Wildman–Crippen LogP) is 2.74. The molecule has 0 saturated heterocycles. The number of aromatic nitrogens is 1. The number of sulfonamides is 1. The molecule has 1 aromatic carbocycles. The van der Waals surface area contributed by atoms with E-state index >= 15 is 0 Å². The molecule has 0 bridgehead atoms. The summed E-state index contributed by atoms with van der Waals surface area (Å²) in [6.45, 7) is 5.04. The second-order valence-electron chi connectivity index (χ2n) is 9.50. The number of likely N-dealkylation sites (N-methyl/N-ethyl adjacent to an activating group) is 1. The first-order valence-corrected chi connectivity index (χ1v) is 13.2. The summed E-state index contributed by atoms with van der Waals surface area (Å²) in [5, 5.41) is 9.79. The Morgan fingerprint density at radius 3 is 2.79 bits per heavy atom. The van der Waals surface area contributed by atoms with Gasteiger partial charge in [-0.15, -0.1) is 0 Å². The van der Waals surface area contributed by atoms with Crippen LogP contribution in [0.1, 0.15) is 37.8 Å². The van der Waals surface area contributed by atoms with E-state index < -0.39 is 16.1 Å². The van der Waals surface area contributed by atoms with Crippen molar-refractivity contribution in [2.75, 3.05) is 26.7 Å². The maximum Gasteiger partial charge on any atom is 0.247 e. The average Bonchev–Trinajstić information content (AvgIpc) is 3.64. The minimum Gasteiger partial charge on any atom is -0.487 e. The molecular weight excluding hydrogens is 450 g/mol. The van der Waals surface area contributed by atoms with Gasteiger partial charge in [-0.3, -0.25) is 9.88 Å². The number of benzene rings is 1. The molecule has 0 radical (unpaired) electrons. The summed E-state index contributed by atoms with van der Waals surface area (Å²) in [4.78, 5) is 6.47. The predicted molar refractivity (Wildman–Crippen MR) is 131 cm³/mol. The van der Waals surface area contributed by atoms with Crippen LogP contribution in [0.25, 0.3) is 0 Å². The molecule has 4 rings (SSSR count). The standard InChI is InChI=1S/C26H33N3O4S/c1-19-15-29(20(2)18-30)34(31,32)26-11-10-22(9-8-21-6-7-21)13-24(26)33-25(19)17-28(3)16-23-5-4-12-27-14-23/h4-5,10-14,19-21,25,30H,6-7,15-18H2,1-3H3/t19-,20-,25-/m0/s1. The van der Waals surface area contributed by atoms with E-state index in [0.717, 1.165) is 24.0 Å². The first kappa shape index (κ1) is 24.7. The van der Waals surface area contributed by atoms with Gasteiger partial charge >= 0.3 is 0 Å². The van der Waals surface area contributed by atoms with Crippen LogP contribution in [-0.2, 0) is 16.6 Å². The molecule has 1 N–H and O–H groups in total. The lowest BCUT2D eigenvalue weighted by Gasteiger charge is -2.37. The maximum absolute atomic E-state index is 13.6. The van der Waals surface area contributed by atoms with Crippen molar-refractivity contribution in [2.45, 2.75) is 50.3 Å². The molecule has 3 atom stereocenters. The Morgan fingerprint density at radius 1 is 1.32 bits per heavy atom. The Kier molecular flexibility index (Phi) is 7.58. The number of aliphatic hydroxyl groups is 1. The normalized spacial score (nSPS) is 23.1. The Bertz CT molecular complexity index is 1160. The molecule has 2 heterocycles. The van der Waals surface area contributed by atoms with Crippen LogP contribution in [0.15, 0.2) is 47.6 Å². The number of ether oxygens (including phenoxy) is 1. The van der Waals surface area contributed by atoms with E-state index in [0.29, 0.717) is 24.8 Å². The molecule has 34 heavy (non-hydrogen) atoms. The van der Waals surface area contributed by atoms with Gasteiger partial charge in [0.2, 0.25) is 10.0 Å². The third-order valence-corrected chi connectivity index (χ3v) is 8.35. The summed E-state index contributed by atoms with van der Waals surface area (Å²) in [5.41, 5.74) is 1.85. The summed E-state index contributed by atoms with van der Waals surface area (Å²) >= 11 is 0. The Balaban J connectivity index is 1.66. The van der Waals surface area contributed by atoms with Gasteiger partial charge in [0.15, 0.2) is 0 Å². The Labute approximate surface area is 202 Å². The van der Waals surface area contributed by atoms with E-state index in [9.17, 15) is 13.5 Å². The summed E-state index contributed by atoms with van der Waals surface area (Å²) < 4.78 is 35.0. The maximum atomic E-state index is 13.6. The van der Waals surface area contributed by atoms with E-state index in [1.807, 2.05) is 32.3 Å². The van der Waals surface area contributed by atoms with Crippen molar-refractivity contribution in [1.29, 1.82) is 0 Å². The molecule has 1 aromatic heterocycles. The molecule has 0 spiro atoms. The molecule has 7 nitrogen and oxygen atoms in total. The first-order valence-electron chi connectivity index (χ1n) is 11.8. The van der Waals surface area contributed by atoms with Crippen molar-refractivity contribution in [3.8, 4) is 17.6 Å². The lowest BCUT2D eigenvalue weighted by molar-refractivity contribution is 0.0733. The van der Waals surface area contributed by atoms with Crippen molar-refractivity contribution >= 4 is 10.0 Å². The van der Waals surface area contributed by atoms with E-state index in [-0.39, 0.29) is 30.1 Å². The number of nitrogens with zero attached hydrogens (tertiary/aromatic N) is 3. The minimum absolute atomic E-state index is 0.102. The van der Waals surface area contributed by atoms with Crippen molar-refractivity contribution in [1.82, 2.24) is 14.2 Å². The molecule has 2 aromatic rings. The number of hydrogen-bond acceptors (Lipinski definition) is 6. The second-order valence-corrected chi connectivity index (χ2v) is 11.4. The fourth-order valence-corrected chi connectivity index (χ4v) is 5.94. The van der Waals surface area contributed by atoms with E-state index in [1.54, 1.807) is 31.3 Å². The van der Waals surface area contributed by atoms with Crippen LogP contribution in [0.2, 0.25) is 0 Å². The molecule has 1 fully saturated rings. The van der Waals surface area contributed by atoms with Crippen LogP contribution >= 0.6 is 0 Å². The van der Waals surface area contributed by atoms with Crippen molar-refractivity contribution in [3.63, 3.8) is 0 Å². The summed E-state index contributed by atoms with van der Waals surface area (Å²) in [6.07, 6.45) is 5.59. The van der Waals surface area contributed by atoms with Crippen molar-refractivity contribution in [3.05, 3.63) is 53.9 Å². The van der Waals surface area contributed by atoms with E-state index in [2.05, 4.69) is 21.7 Å². The summed E-state index contributed by atoms with van der Waals surface area (Å²) in [6, 6.07) is 8.48. The fraction of sp³-hybridized carbons (Fsp3) is 0.500. The van der Waals surface area contributed by atoms with E-state index in [1.165, 1.54) is 4.31 Å². The highest BCUT2D eigenvalue weighted by Gasteiger charge is 2.38. The van der Waals surface area contributed by atoms with Gasteiger partial charge in [-0.2, -0.15) is 4.31 Å². The summed E-state index contributed by atoms with van der Waals surface area (Å²) in [5.74, 6) is 7.07. The van der Waals surface area contributed by atoms with Crippen LogP contribution in [-0.4, -0.2) is 66.6 Å². The number of pyridine rings is 1. The molecule has 1 aliphatic heterocycles. The monoisotopic (exact) mass is 483 g/mol. The minimum atomic E-state index is -3.84. The van der Waals surface area contributed by atoms with Gasteiger partial charge in [0.25, 0.3) is 0 Å². The highest BCUT2D eigenvalue weighted by molar-refractivity contribution is 7.89. The molecule has 0 unspecified atom stereocenters. The van der Waals surface area contributed by atoms with Gasteiger partial charge in [-0.05, 0) is 56.6 Å². The largest absolute Gasteiger partial charge is 0.487 e. The summed E-state index contributed by atoms with van der Waals surface area (Å²) in [7, 11) is -1.83. The van der Waals surface area contributed by atoms with Gasteiger partial charge in [0, 0.05) is 55.5 Å². The number of aliphatic hydroxyl groups excluding tert-OH is 1. The average molecular weight is 484 g/mol. The van der Waals surface area contributed by atoms with E-state index in [4.69, 9.17) is 4.74 Å². The fourth-order valence-electron chi connectivity index (χ4n) is 4.11. The highest BCUT2D eigenvalue weighted by atomic mass is 32.2. The molecule has 1 saturated carbocycles. The molecule has 8 heteroatoms. The third kappa shape index (κ3) is 5.78. The molecule has 2 aliphatic rings. The zero-order chi connectivity index (χ0) is 24.3. The van der Waals surface area contributed by atoms with Crippen LogP contribution in [0, 0.1) is 23.7 Å². The quantitative estimate of drug-likeness (QED) is 0.637. The van der Waals surface area contributed by atoms with Crippen LogP contribution in [0.4, 0.5) is 0 Å². The SMILES string of the molecule is C[C@H]1CN([C@@H](C)CO)S(=O)(=O)c2ccc(C#CC3CC3)cc2O[C@H]1CN(C)Cc1cccnc1. The van der Waals surface area contributed by atoms with Gasteiger partial charge in [0.1, 0.15) is 16.7 Å². The molecular formula is C26H33N3O4S. The number of rotatable bonds is 6. The van der Waals surface area contributed by atoms with Crippen molar-refractivity contribution in [2.24, 2.45) is 11.8 Å². The van der Waals surface area contributed by atoms with Gasteiger partial charge in [-0.25, -0.2) is 8.42 Å². The molecule has 1 aliphatic carbocycles. The molecule has 0 amide bonds. The van der Waals surface area contributed by atoms with Gasteiger partial charge in [0.05, 0.1) is 6.61 Å². The topological polar surface area (TPSA) is 83.0 Å². The first-order chi connectivity index (χ1) is 16.3. The Morgan fingerprint density at radius 2 is 2.12 bits per heavy atom. The number of hydrogen-bond donors (Lipinski definition) is 1. The van der Waals surface area contributed by atoms with Crippen LogP contribution < -0.4 is 4.74 Å². The lowest BCUT2D eigenvalue weighted by atomic mass is 10.0. The van der Waals surface area contributed by atoms with Gasteiger partial charge < -0.3 is 9.84 Å². The van der Waals surface area contributed by atoms with Crippen LogP contribution in [0.5, 0.6) is 5.75 Å². The smallest absolute Gasteiger partial charge is 0.247 e. The zero-order valence-corrected chi connectivity index (χ0v) is 20.8. The third-order valence-electron chi connectivity index (χ3n) is 6.33. The zero-order valence-electron chi connectivity index (χ0n) is 20.0. The van der Waals surface area contributed by atoms with Gasteiger partial charge in [-0.1, -0.05) is 24.8 Å². The van der Waals surface area contributed by atoms with Crippen molar-refractivity contribution < 1.29 is 18.3 Å². The highest BCUT2D eigenvalue weighted by Crippen LogP contribution is 2.34. The number of fused-ring (bicyclic) bond motifs is 1. The lowest BCUT2D eigenvalue weighted by Crippen LogP contribution is -2.49. The Hall–Kier alpha value is -2.44. The van der Waals surface area contributed by atoms with Crippen LogP contribution in [0.3, 0.4) is 0 Å².